The molecule has 2 nitrogen and oxygen atoms in total. The zero-order valence-electron chi connectivity index (χ0n) is 6.81. The van der Waals surface area contributed by atoms with Crippen molar-refractivity contribution >= 4 is 0 Å². The van der Waals surface area contributed by atoms with Crippen molar-refractivity contribution in [3.05, 3.63) is 11.6 Å². The van der Waals surface area contributed by atoms with Gasteiger partial charge in [0.1, 0.15) is 0 Å². The summed E-state index contributed by atoms with van der Waals surface area (Å²) in [7, 11) is 0. The van der Waals surface area contributed by atoms with E-state index in [1.165, 1.54) is 12.8 Å². The first-order valence-corrected chi connectivity index (χ1v) is 4.43. The number of allylic oxidation sites excluding steroid dienone is 1. The second-order valence-electron chi connectivity index (χ2n) is 3.38. The molecule has 2 heteroatoms. The number of hydrogen-bond acceptors (Lipinski definition) is 2. The summed E-state index contributed by atoms with van der Waals surface area (Å²) in [6.45, 7) is 4.17. The number of rotatable bonds is 1. The maximum absolute atomic E-state index is 5.29. The van der Waals surface area contributed by atoms with E-state index >= 15 is 0 Å². The molecule has 2 fully saturated rings. The van der Waals surface area contributed by atoms with Gasteiger partial charge < -0.3 is 10.1 Å². The van der Waals surface area contributed by atoms with E-state index in [-0.39, 0.29) is 0 Å². The molecule has 1 N–H and O–H groups in total. The minimum atomic E-state index is 0.806. The summed E-state index contributed by atoms with van der Waals surface area (Å²) in [5.41, 5.74) is 1.59. The van der Waals surface area contributed by atoms with E-state index in [2.05, 4.69) is 11.4 Å². The molecule has 2 aliphatic heterocycles. The van der Waals surface area contributed by atoms with E-state index in [0.29, 0.717) is 0 Å². The average molecular weight is 153 g/mol. The van der Waals surface area contributed by atoms with Crippen LogP contribution >= 0.6 is 0 Å². The second-order valence-corrected chi connectivity index (χ2v) is 3.38. The maximum Gasteiger partial charge on any atom is 0.0471 e. The van der Waals surface area contributed by atoms with Gasteiger partial charge in [0, 0.05) is 26.3 Å². The SMILES string of the molecule is C(=C1CNC1)C1CCOCC1. The molecular weight excluding hydrogens is 138 g/mol. The molecule has 0 atom stereocenters. The van der Waals surface area contributed by atoms with Gasteiger partial charge in [-0.1, -0.05) is 6.08 Å². The highest BCUT2D eigenvalue weighted by molar-refractivity contribution is 5.15. The van der Waals surface area contributed by atoms with E-state index in [1.807, 2.05) is 0 Å². The molecule has 0 aliphatic carbocycles. The Kier molecular flexibility index (Phi) is 2.24. The number of hydrogen-bond donors (Lipinski definition) is 1. The summed E-state index contributed by atoms with van der Waals surface area (Å²) < 4.78 is 5.29. The summed E-state index contributed by atoms with van der Waals surface area (Å²) in [4.78, 5) is 0. The van der Waals surface area contributed by atoms with Crippen LogP contribution in [0, 0.1) is 5.92 Å². The van der Waals surface area contributed by atoms with Crippen molar-refractivity contribution in [1.82, 2.24) is 5.32 Å². The Bertz CT molecular complexity index is 153. The normalized spacial score (nSPS) is 26.4. The predicted molar refractivity (Wildman–Crippen MR) is 44.5 cm³/mol. The molecule has 11 heavy (non-hydrogen) atoms. The zero-order chi connectivity index (χ0) is 7.52. The van der Waals surface area contributed by atoms with Gasteiger partial charge in [0.2, 0.25) is 0 Å². The first-order chi connectivity index (χ1) is 5.45. The Labute approximate surface area is 67.6 Å². The smallest absolute Gasteiger partial charge is 0.0471 e. The lowest BCUT2D eigenvalue weighted by molar-refractivity contribution is 0.0782. The van der Waals surface area contributed by atoms with Crippen molar-refractivity contribution in [1.29, 1.82) is 0 Å². The summed E-state index contributed by atoms with van der Waals surface area (Å²) in [5.74, 6) is 0.806. The Balaban J connectivity index is 1.83. The van der Waals surface area contributed by atoms with Gasteiger partial charge in [-0.25, -0.2) is 0 Å². The predicted octanol–water partition coefficient (Wildman–Crippen LogP) is 0.943. The van der Waals surface area contributed by atoms with Crippen molar-refractivity contribution < 1.29 is 4.74 Å². The van der Waals surface area contributed by atoms with E-state index in [1.54, 1.807) is 5.57 Å². The van der Waals surface area contributed by atoms with Crippen LogP contribution in [0.4, 0.5) is 0 Å². The lowest BCUT2D eigenvalue weighted by Gasteiger charge is -2.24. The van der Waals surface area contributed by atoms with Gasteiger partial charge in [0.05, 0.1) is 0 Å². The van der Waals surface area contributed by atoms with E-state index in [0.717, 1.165) is 32.2 Å². The third kappa shape index (κ3) is 1.82. The van der Waals surface area contributed by atoms with Gasteiger partial charge >= 0.3 is 0 Å². The van der Waals surface area contributed by atoms with Crippen LogP contribution < -0.4 is 5.32 Å². The molecule has 62 valence electrons. The molecule has 2 rings (SSSR count). The van der Waals surface area contributed by atoms with E-state index in [9.17, 15) is 0 Å². The Morgan fingerprint density at radius 3 is 2.55 bits per heavy atom. The van der Waals surface area contributed by atoms with Crippen LogP contribution in [0.3, 0.4) is 0 Å². The van der Waals surface area contributed by atoms with Crippen LogP contribution in [-0.4, -0.2) is 26.3 Å². The minimum Gasteiger partial charge on any atom is -0.381 e. The maximum atomic E-state index is 5.29. The lowest BCUT2D eigenvalue weighted by atomic mass is 9.95. The van der Waals surface area contributed by atoms with Crippen LogP contribution in [0.5, 0.6) is 0 Å². The first-order valence-electron chi connectivity index (χ1n) is 4.43. The standard InChI is InChI=1S/C9H15NO/c1-3-11-4-2-8(1)5-9-6-10-7-9/h5,8,10H,1-4,6-7H2. The summed E-state index contributed by atoms with van der Waals surface area (Å²) >= 11 is 0. The molecule has 0 unspecified atom stereocenters. The topological polar surface area (TPSA) is 21.3 Å². The second kappa shape index (κ2) is 3.37. The molecule has 2 saturated heterocycles. The van der Waals surface area contributed by atoms with Gasteiger partial charge in [-0.15, -0.1) is 0 Å². The zero-order valence-corrected chi connectivity index (χ0v) is 6.81. The van der Waals surface area contributed by atoms with Crippen LogP contribution in [-0.2, 0) is 4.74 Å². The van der Waals surface area contributed by atoms with Gasteiger partial charge in [0.15, 0.2) is 0 Å². The fraction of sp³-hybridized carbons (Fsp3) is 0.778. The summed E-state index contributed by atoms with van der Waals surface area (Å²) in [6, 6.07) is 0. The highest BCUT2D eigenvalue weighted by Crippen LogP contribution is 2.18. The molecule has 0 radical (unpaired) electrons. The largest absolute Gasteiger partial charge is 0.381 e. The molecule has 2 aliphatic rings. The molecule has 0 aromatic carbocycles. The Morgan fingerprint density at radius 2 is 2.00 bits per heavy atom. The first kappa shape index (κ1) is 7.32. The molecular formula is C9H15NO. The fourth-order valence-electron chi connectivity index (χ4n) is 1.60. The van der Waals surface area contributed by atoms with Crippen molar-refractivity contribution in [2.75, 3.05) is 26.3 Å². The molecule has 2 heterocycles. The molecule has 0 aromatic rings. The molecule has 0 aromatic heterocycles. The molecule has 0 amide bonds. The lowest BCUT2D eigenvalue weighted by Crippen LogP contribution is -2.34. The van der Waals surface area contributed by atoms with Crippen molar-refractivity contribution in [2.24, 2.45) is 5.92 Å². The van der Waals surface area contributed by atoms with Crippen LogP contribution in [0.15, 0.2) is 11.6 Å². The molecule has 0 bridgehead atoms. The third-order valence-corrected chi connectivity index (χ3v) is 2.44. The van der Waals surface area contributed by atoms with Gasteiger partial charge in [0.25, 0.3) is 0 Å². The van der Waals surface area contributed by atoms with Crippen LogP contribution in [0.2, 0.25) is 0 Å². The number of nitrogens with one attached hydrogen (secondary N) is 1. The quantitative estimate of drug-likeness (QED) is 0.566. The van der Waals surface area contributed by atoms with Gasteiger partial charge in [-0.05, 0) is 24.3 Å². The van der Waals surface area contributed by atoms with Crippen molar-refractivity contribution in [2.45, 2.75) is 12.8 Å². The van der Waals surface area contributed by atoms with E-state index < -0.39 is 0 Å². The molecule has 0 saturated carbocycles. The highest BCUT2D eigenvalue weighted by atomic mass is 16.5. The Hall–Kier alpha value is -0.340. The van der Waals surface area contributed by atoms with Gasteiger partial charge in [-0.3, -0.25) is 0 Å². The third-order valence-electron chi connectivity index (χ3n) is 2.44. The molecule has 0 spiro atoms. The fourth-order valence-corrected chi connectivity index (χ4v) is 1.60. The van der Waals surface area contributed by atoms with Crippen molar-refractivity contribution in [3.8, 4) is 0 Å². The minimum absolute atomic E-state index is 0.806. The summed E-state index contributed by atoms with van der Waals surface area (Å²) in [5, 5.41) is 3.25. The Morgan fingerprint density at radius 1 is 1.27 bits per heavy atom. The number of ether oxygens (including phenoxy) is 1. The van der Waals surface area contributed by atoms with E-state index in [4.69, 9.17) is 4.74 Å². The highest BCUT2D eigenvalue weighted by Gasteiger charge is 2.14. The van der Waals surface area contributed by atoms with Crippen LogP contribution in [0.25, 0.3) is 0 Å². The van der Waals surface area contributed by atoms with Gasteiger partial charge in [-0.2, -0.15) is 0 Å². The summed E-state index contributed by atoms with van der Waals surface area (Å²) in [6.07, 6.45) is 4.89. The van der Waals surface area contributed by atoms with Crippen molar-refractivity contribution in [3.63, 3.8) is 0 Å². The monoisotopic (exact) mass is 153 g/mol. The van der Waals surface area contributed by atoms with Crippen LogP contribution in [0.1, 0.15) is 12.8 Å². The average Bonchev–Trinajstić information content (AvgIpc) is 1.99.